The van der Waals surface area contributed by atoms with Crippen molar-refractivity contribution in [2.75, 3.05) is 4.72 Å². The van der Waals surface area contributed by atoms with Crippen LogP contribution < -0.4 is 4.72 Å². The molecule has 0 saturated carbocycles. The maximum Gasteiger partial charge on any atom is 0.271 e. The Morgan fingerprint density at radius 1 is 1.19 bits per heavy atom. The average molecular weight is 336 g/mol. The molecule has 108 valence electrons. The van der Waals surface area contributed by atoms with Crippen molar-refractivity contribution >= 4 is 38.4 Å². The first-order valence-electron chi connectivity index (χ1n) is 6.14. The molecular formula is C14H12N2O2S3. The summed E-state index contributed by atoms with van der Waals surface area (Å²) >= 11 is 2.77. The highest BCUT2D eigenvalue weighted by atomic mass is 32.2. The van der Waals surface area contributed by atoms with Crippen LogP contribution >= 0.6 is 22.7 Å². The van der Waals surface area contributed by atoms with E-state index < -0.39 is 10.0 Å². The van der Waals surface area contributed by atoms with Crippen LogP contribution in [0.5, 0.6) is 0 Å². The second-order valence-electron chi connectivity index (χ2n) is 4.39. The largest absolute Gasteiger partial charge is 0.279 e. The van der Waals surface area contributed by atoms with Crippen molar-refractivity contribution in [2.45, 2.75) is 11.1 Å². The summed E-state index contributed by atoms with van der Waals surface area (Å²) in [6.07, 6.45) is 1.73. The van der Waals surface area contributed by atoms with Crippen molar-refractivity contribution in [2.24, 2.45) is 0 Å². The molecule has 0 radical (unpaired) electrons. The molecule has 0 unspecified atom stereocenters. The van der Waals surface area contributed by atoms with Gasteiger partial charge in [0.05, 0.1) is 0 Å². The van der Waals surface area contributed by atoms with E-state index in [1.54, 1.807) is 30.5 Å². The van der Waals surface area contributed by atoms with E-state index in [1.807, 2.05) is 24.4 Å². The summed E-state index contributed by atoms with van der Waals surface area (Å²) < 4.78 is 27.5. The second kappa shape index (κ2) is 5.59. The van der Waals surface area contributed by atoms with Crippen LogP contribution in [-0.2, 0) is 10.0 Å². The number of nitrogens with one attached hydrogen (secondary N) is 1. The first kappa shape index (κ1) is 14.2. The average Bonchev–Trinajstić information content (AvgIpc) is 3.09. The van der Waals surface area contributed by atoms with Gasteiger partial charge in [0.15, 0.2) is 0 Å². The van der Waals surface area contributed by atoms with Crippen LogP contribution in [0.25, 0.3) is 10.6 Å². The molecule has 0 saturated heterocycles. The number of thiazole rings is 1. The number of rotatable bonds is 4. The number of nitrogens with zero attached hydrogens (tertiary/aromatic N) is 1. The standard InChI is InChI=1S/C14H12N2O2S3/c1-10-5-6-13(20-10)21(17,18)16-12-4-2-3-11(9-12)14-15-7-8-19-14/h2-9,16H,1H3. The second-order valence-corrected chi connectivity index (χ2v) is 8.48. The Morgan fingerprint density at radius 2 is 2.05 bits per heavy atom. The lowest BCUT2D eigenvalue weighted by molar-refractivity contribution is 0.603. The van der Waals surface area contributed by atoms with Gasteiger partial charge in [0.2, 0.25) is 0 Å². The molecule has 0 aliphatic carbocycles. The number of anilines is 1. The fraction of sp³-hybridized carbons (Fsp3) is 0.0714. The Kier molecular flexibility index (Phi) is 3.79. The van der Waals surface area contributed by atoms with Gasteiger partial charge in [-0.25, -0.2) is 13.4 Å². The van der Waals surface area contributed by atoms with Crippen molar-refractivity contribution in [3.05, 3.63) is 52.9 Å². The number of sulfonamides is 1. The van der Waals surface area contributed by atoms with Gasteiger partial charge in [0.25, 0.3) is 10.0 Å². The fourth-order valence-electron chi connectivity index (χ4n) is 1.84. The predicted octanol–water partition coefficient (Wildman–Crippen LogP) is 3.98. The molecule has 1 aromatic carbocycles. The molecule has 1 N–H and O–H groups in total. The molecule has 0 aliphatic heterocycles. The summed E-state index contributed by atoms with van der Waals surface area (Å²) in [6.45, 7) is 1.88. The molecule has 2 aromatic heterocycles. The highest BCUT2D eigenvalue weighted by Gasteiger charge is 2.16. The molecule has 2 heterocycles. The van der Waals surface area contributed by atoms with Crippen molar-refractivity contribution in [3.63, 3.8) is 0 Å². The van der Waals surface area contributed by atoms with E-state index in [1.165, 1.54) is 22.7 Å². The predicted molar refractivity (Wildman–Crippen MR) is 87.4 cm³/mol. The maximum absolute atomic E-state index is 12.3. The molecule has 4 nitrogen and oxygen atoms in total. The lowest BCUT2D eigenvalue weighted by atomic mass is 10.2. The molecule has 3 aromatic rings. The highest BCUT2D eigenvalue weighted by molar-refractivity contribution is 7.94. The first-order valence-corrected chi connectivity index (χ1v) is 9.32. The topological polar surface area (TPSA) is 59.1 Å². The van der Waals surface area contributed by atoms with Crippen LogP contribution in [0.3, 0.4) is 0 Å². The third-order valence-corrected chi connectivity index (χ3v) is 6.47. The van der Waals surface area contributed by atoms with Gasteiger partial charge in [-0.05, 0) is 31.2 Å². The zero-order chi connectivity index (χ0) is 14.9. The zero-order valence-corrected chi connectivity index (χ0v) is 13.6. The van der Waals surface area contributed by atoms with Crippen LogP contribution in [0.1, 0.15) is 4.88 Å². The summed E-state index contributed by atoms with van der Waals surface area (Å²) in [5.74, 6) is 0. The van der Waals surface area contributed by atoms with Gasteiger partial charge in [-0.2, -0.15) is 0 Å². The van der Waals surface area contributed by atoms with Crippen molar-refractivity contribution < 1.29 is 8.42 Å². The van der Waals surface area contributed by atoms with Crippen LogP contribution in [0.2, 0.25) is 0 Å². The van der Waals surface area contributed by atoms with Crippen LogP contribution in [-0.4, -0.2) is 13.4 Å². The third kappa shape index (κ3) is 3.15. The number of hydrogen-bond acceptors (Lipinski definition) is 5. The van der Waals surface area contributed by atoms with Crippen LogP contribution in [0.4, 0.5) is 5.69 Å². The molecule has 21 heavy (non-hydrogen) atoms. The fourth-order valence-corrected chi connectivity index (χ4v) is 4.81. The Bertz CT molecular complexity index is 852. The molecule has 0 fully saturated rings. The number of thiophene rings is 1. The molecule has 7 heteroatoms. The van der Waals surface area contributed by atoms with Gasteiger partial charge in [0, 0.05) is 27.7 Å². The van der Waals surface area contributed by atoms with Gasteiger partial charge in [-0.1, -0.05) is 12.1 Å². The Morgan fingerprint density at radius 3 is 2.71 bits per heavy atom. The van der Waals surface area contributed by atoms with Gasteiger partial charge in [-0.3, -0.25) is 4.72 Å². The minimum absolute atomic E-state index is 0.319. The number of hydrogen-bond donors (Lipinski definition) is 1. The van der Waals surface area contributed by atoms with Crippen molar-refractivity contribution in [1.82, 2.24) is 4.98 Å². The smallest absolute Gasteiger partial charge is 0.271 e. The van der Waals surface area contributed by atoms with Gasteiger partial charge >= 0.3 is 0 Å². The maximum atomic E-state index is 12.3. The van der Waals surface area contributed by atoms with E-state index >= 15 is 0 Å². The van der Waals surface area contributed by atoms with Crippen molar-refractivity contribution in [1.29, 1.82) is 0 Å². The zero-order valence-electron chi connectivity index (χ0n) is 11.1. The first-order chi connectivity index (χ1) is 10.0. The minimum atomic E-state index is -3.53. The Hall–Kier alpha value is -1.70. The Balaban J connectivity index is 1.90. The normalized spacial score (nSPS) is 11.5. The third-order valence-electron chi connectivity index (χ3n) is 2.77. The van der Waals surface area contributed by atoms with Crippen LogP contribution in [0.15, 0.2) is 52.2 Å². The van der Waals surface area contributed by atoms with E-state index in [9.17, 15) is 8.42 Å². The minimum Gasteiger partial charge on any atom is -0.279 e. The molecule has 0 aliphatic rings. The summed E-state index contributed by atoms with van der Waals surface area (Å²) in [7, 11) is -3.53. The van der Waals surface area contributed by atoms with Gasteiger partial charge in [0.1, 0.15) is 9.22 Å². The lowest BCUT2D eigenvalue weighted by Crippen LogP contribution is -2.11. The number of benzene rings is 1. The van der Waals surface area contributed by atoms with Crippen molar-refractivity contribution in [3.8, 4) is 10.6 Å². The molecule has 0 spiro atoms. The van der Waals surface area contributed by atoms with Gasteiger partial charge in [-0.15, -0.1) is 22.7 Å². The monoisotopic (exact) mass is 336 g/mol. The SMILES string of the molecule is Cc1ccc(S(=O)(=O)Nc2cccc(-c3nccs3)c2)s1. The molecule has 0 atom stereocenters. The highest BCUT2D eigenvalue weighted by Crippen LogP contribution is 2.27. The summed E-state index contributed by atoms with van der Waals surface area (Å²) in [4.78, 5) is 5.19. The summed E-state index contributed by atoms with van der Waals surface area (Å²) in [6, 6.07) is 10.7. The summed E-state index contributed by atoms with van der Waals surface area (Å²) in [5.41, 5.74) is 1.43. The van der Waals surface area contributed by atoms with E-state index in [0.717, 1.165) is 15.4 Å². The number of aryl methyl sites for hydroxylation is 1. The molecule has 3 rings (SSSR count). The van der Waals surface area contributed by atoms with E-state index in [-0.39, 0.29) is 0 Å². The van der Waals surface area contributed by atoms with Crippen LogP contribution in [0, 0.1) is 6.92 Å². The Labute approximate surface area is 131 Å². The number of aromatic nitrogens is 1. The van der Waals surface area contributed by atoms with E-state index in [4.69, 9.17) is 0 Å². The molecule has 0 bridgehead atoms. The van der Waals surface area contributed by atoms with E-state index in [0.29, 0.717) is 9.90 Å². The quantitative estimate of drug-likeness (QED) is 0.784. The molecule has 0 amide bonds. The summed E-state index contributed by atoms with van der Waals surface area (Å²) in [5, 5.41) is 2.75. The van der Waals surface area contributed by atoms with Gasteiger partial charge < -0.3 is 0 Å². The molecular weight excluding hydrogens is 324 g/mol. The van der Waals surface area contributed by atoms with E-state index in [2.05, 4.69) is 9.71 Å². The lowest BCUT2D eigenvalue weighted by Gasteiger charge is -2.07.